The van der Waals surface area contributed by atoms with E-state index in [0.29, 0.717) is 25.4 Å². The molecule has 1 aromatic carbocycles. The van der Waals surface area contributed by atoms with Gasteiger partial charge in [-0.1, -0.05) is 18.2 Å². The van der Waals surface area contributed by atoms with E-state index in [4.69, 9.17) is 9.15 Å². The Morgan fingerprint density at radius 1 is 1.38 bits per heavy atom. The highest BCUT2D eigenvalue weighted by Gasteiger charge is 2.11. The van der Waals surface area contributed by atoms with Gasteiger partial charge in [-0.2, -0.15) is 0 Å². The van der Waals surface area contributed by atoms with Crippen molar-refractivity contribution < 1.29 is 13.9 Å². The van der Waals surface area contributed by atoms with Gasteiger partial charge in [0, 0.05) is 18.4 Å². The van der Waals surface area contributed by atoms with E-state index in [1.807, 2.05) is 31.2 Å². The number of Topliss-reactive ketones (excluding diaryl/α,β-unsaturated/α-hetero) is 1. The minimum Gasteiger partial charge on any atom is -0.453 e. The third kappa shape index (κ3) is 2.31. The van der Waals surface area contributed by atoms with Crippen LogP contribution >= 0.6 is 0 Å². The molecule has 0 radical (unpaired) electrons. The molecule has 16 heavy (non-hydrogen) atoms. The van der Waals surface area contributed by atoms with E-state index in [9.17, 15) is 4.79 Å². The fourth-order valence-electron chi connectivity index (χ4n) is 1.55. The van der Waals surface area contributed by atoms with Gasteiger partial charge in [-0.15, -0.1) is 0 Å². The highest BCUT2D eigenvalue weighted by Crippen LogP contribution is 2.19. The highest BCUT2D eigenvalue weighted by atomic mass is 16.5. The molecule has 0 amide bonds. The smallest absolute Gasteiger partial charge is 0.200 e. The molecule has 0 fully saturated rings. The summed E-state index contributed by atoms with van der Waals surface area (Å²) in [6.45, 7) is 2.99. The third-order valence-corrected chi connectivity index (χ3v) is 2.38. The molecule has 0 aliphatic heterocycles. The molecule has 1 heterocycles. The van der Waals surface area contributed by atoms with Crippen LogP contribution in [0.2, 0.25) is 0 Å². The molecule has 1 aromatic heterocycles. The minimum atomic E-state index is -0.00958. The summed E-state index contributed by atoms with van der Waals surface area (Å²) in [5, 5.41) is 0.960. The highest BCUT2D eigenvalue weighted by molar-refractivity contribution is 5.97. The summed E-state index contributed by atoms with van der Waals surface area (Å²) in [5.74, 6) is 0.408. The number of ketones is 1. The van der Waals surface area contributed by atoms with Crippen LogP contribution in [0.5, 0.6) is 0 Å². The summed E-state index contributed by atoms with van der Waals surface area (Å²) in [6.07, 6.45) is 0.369. The number of para-hydroxylation sites is 1. The SMILES string of the molecule is CCOCCC(=O)c1cc2ccccc2o1. The van der Waals surface area contributed by atoms with E-state index in [2.05, 4.69) is 0 Å². The van der Waals surface area contributed by atoms with Gasteiger partial charge < -0.3 is 9.15 Å². The summed E-state index contributed by atoms with van der Waals surface area (Å²) in [4.78, 5) is 11.7. The summed E-state index contributed by atoms with van der Waals surface area (Å²) in [5.41, 5.74) is 0.752. The van der Waals surface area contributed by atoms with E-state index in [1.54, 1.807) is 6.07 Å². The fraction of sp³-hybridized carbons (Fsp3) is 0.308. The second kappa shape index (κ2) is 4.94. The van der Waals surface area contributed by atoms with Crippen molar-refractivity contribution in [3.05, 3.63) is 36.1 Å². The van der Waals surface area contributed by atoms with Crippen molar-refractivity contribution in [2.45, 2.75) is 13.3 Å². The molecule has 2 aromatic rings. The van der Waals surface area contributed by atoms with E-state index in [-0.39, 0.29) is 5.78 Å². The molecule has 0 N–H and O–H groups in total. The molecule has 3 heteroatoms. The van der Waals surface area contributed by atoms with Crippen molar-refractivity contribution in [3.8, 4) is 0 Å². The maximum Gasteiger partial charge on any atom is 0.200 e. The van der Waals surface area contributed by atoms with Gasteiger partial charge in [0.05, 0.1) is 6.61 Å². The molecule has 0 atom stereocenters. The zero-order chi connectivity index (χ0) is 11.4. The molecule has 0 saturated carbocycles. The van der Waals surface area contributed by atoms with Gasteiger partial charge >= 0.3 is 0 Å². The second-order valence-corrected chi connectivity index (χ2v) is 3.52. The lowest BCUT2D eigenvalue weighted by Crippen LogP contribution is -2.03. The molecule has 0 spiro atoms. The predicted octanol–water partition coefficient (Wildman–Crippen LogP) is 3.04. The minimum absolute atomic E-state index is 0.00958. The van der Waals surface area contributed by atoms with Crippen molar-refractivity contribution in [1.29, 1.82) is 0 Å². The Balaban J connectivity index is 2.11. The lowest BCUT2D eigenvalue weighted by molar-refractivity contribution is 0.0872. The first-order valence-corrected chi connectivity index (χ1v) is 5.41. The molecule has 0 bridgehead atoms. The van der Waals surface area contributed by atoms with Gasteiger partial charge in [-0.25, -0.2) is 0 Å². The largest absolute Gasteiger partial charge is 0.453 e. The first kappa shape index (κ1) is 10.9. The first-order chi connectivity index (χ1) is 7.81. The molecule has 0 aliphatic carbocycles. The lowest BCUT2D eigenvalue weighted by Gasteiger charge is -1.97. The molecule has 84 valence electrons. The molecule has 0 unspecified atom stereocenters. The van der Waals surface area contributed by atoms with Crippen molar-refractivity contribution >= 4 is 16.8 Å². The Labute approximate surface area is 94.0 Å². The lowest BCUT2D eigenvalue weighted by atomic mass is 10.2. The maximum atomic E-state index is 11.7. The third-order valence-electron chi connectivity index (χ3n) is 2.38. The van der Waals surface area contributed by atoms with Crippen LogP contribution in [-0.2, 0) is 4.74 Å². The Kier molecular flexibility index (Phi) is 3.37. The average molecular weight is 218 g/mol. The molecule has 0 saturated heterocycles. The van der Waals surface area contributed by atoms with Crippen LogP contribution in [0.15, 0.2) is 34.7 Å². The zero-order valence-electron chi connectivity index (χ0n) is 9.23. The molecular weight excluding hydrogens is 204 g/mol. The second-order valence-electron chi connectivity index (χ2n) is 3.52. The average Bonchev–Trinajstić information content (AvgIpc) is 2.73. The van der Waals surface area contributed by atoms with E-state index >= 15 is 0 Å². The van der Waals surface area contributed by atoms with Crippen LogP contribution in [0.4, 0.5) is 0 Å². The first-order valence-electron chi connectivity index (χ1n) is 5.41. The van der Waals surface area contributed by atoms with E-state index in [0.717, 1.165) is 11.0 Å². The predicted molar refractivity (Wildman–Crippen MR) is 61.7 cm³/mol. The van der Waals surface area contributed by atoms with Crippen molar-refractivity contribution in [3.63, 3.8) is 0 Å². The quantitative estimate of drug-likeness (QED) is 0.572. The Morgan fingerprint density at radius 2 is 2.19 bits per heavy atom. The van der Waals surface area contributed by atoms with Gasteiger partial charge in [0.1, 0.15) is 5.58 Å². The maximum absolute atomic E-state index is 11.7. The van der Waals surface area contributed by atoms with E-state index < -0.39 is 0 Å². The van der Waals surface area contributed by atoms with Crippen LogP contribution in [-0.4, -0.2) is 19.0 Å². The van der Waals surface area contributed by atoms with Crippen LogP contribution in [0.3, 0.4) is 0 Å². The molecule has 0 aliphatic rings. The number of furan rings is 1. The standard InChI is InChI=1S/C13H14O3/c1-2-15-8-7-11(14)13-9-10-5-3-4-6-12(10)16-13/h3-6,9H,2,7-8H2,1H3. The molecule has 3 nitrogen and oxygen atoms in total. The summed E-state index contributed by atoms with van der Waals surface area (Å²) >= 11 is 0. The Morgan fingerprint density at radius 3 is 2.94 bits per heavy atom. The van der Waals surface area contributed by atoms with Crippen LogP contribution in [0, 0.1) is 0 Å². The van der Waals surface area contributed by atoms with E-state index in [1.165, 1.54) is 0 Å². The van der Waals surface area contributed by atoms with Gasteiger partial charge in [0.15, 0.2) is 11.5 Å². The zero-order valence-corrected chi connectivity index (χ0v) is 9.23. The Hall–Kier alpha value is -1.61. The number of ether oxygens (including phenoxy) is 1. The van der Waals surface area contributed by atoms with Crippen LogP contribution in [0.25, 0.3) is 11.0 Å². The number of carbonyl (C=O) groups is 1. The summed E-state index contributed by atoms with van der Waals surface area (Å²) in [6, 6.07) is 9.38. The van der Waals surface area contributed by atoms with Gasteiger partial charge in [-0.3, -0.25) is 4.79 Å². The normalized spacial score (nSPS) is 10.8. The number of fused-ring (bicyclic) bond motifs is 1. The number of hydrogen-bond donors (Lipinski definition) is 0. The van der Waals surface area contributed by atoms with Gasteiger partial charge in [0.25, 0.3) is 0 Å². The van der Waals surface area contributed by atoms with Crippen molar-refractivity contribution in [2.75, 3.05) is 13.2 Å². The van der Waals surface area contributed by atoms with Crippen molar-refractivity contribution in [1.82, 2.24) is 0 Å². The number of carbonyl (C=O) groups excluding carboxylic acids is 1. The van der Waals surface area contributed by atoms with Crippen LogP contribution < -0.4 is 0 Å². The number of hydrogen-bond acceptors (Lipinski definition) is 3. The Bertz CT molecular complexity index is 452. The van der Waals surface area contributed by atoms with Crippen LogP contribution in [0.1, 0.15) is 23.9 Å². The van der Waals surface area contributed by atoms with Gasteiger partial charge in [0.2, 0.25) is 0 Å². The molecular formula is C13H14O3. The summed E-state index contributed by atoms with van der Waals surface area (Å²) in [7, 11) is 0. The number of benzene rings is 1. The fourth-order valence-corrected chi connectivity index (χ4v) is 1.55. The van der Waals surface area contributed by atoms with Crippen molar-refractivity contribution in [2.24, 2.45) is 0 Å². The number of rotatable bonds is 5. The summed E-state index contributed by atoms with van der Waals surface area (Å²) < 4.78 is 10.6. The topological polar surface area (TPSA) is 39.4 Å². The molecule has 2 rings (SSSR count). The van der Waals surface area contributed by atoms with Gasteiger partial charge in [-0.05, 0) is 19.1 Å². The monoisotopic (exact) mass is 218 g/mol.